The van der Waals surface area contributed by atoms with Crippen LogP contribution in [0.5, 0.6) is 17.2 Å². The molecule has 3 N–H and O–H groups in total. The normalized spacial score (nSPS) is 24.1. The van der Waals surface area contributed by atoms with Gasteiger partial charge in [-0.2, -0.15) is 0 Å². The van der Waals surface area contributed by atoms with Crippen molar-refractivity contribution < 1.29 is 14.9 Å². The van der Waals surface area contributed by atoms with Crippen molar-refractivity contribution in [2.45, 2.75) is 75.9 Å². The maximum absolute atomic E-state index is 10.1. The molecule has 0 unspecified atom stereocenters. The fraction of sp³-hybridized carbons (Fsp3) is 0.455. The molecule has 2 aliphatic heterocycles. The molecule has 2 fully saturated rings. The first-order valence-corrected chi connectivity index (χ1v) is 14.3. The second-order valence-corrected chi connectivity index (χ2v) is 11.4. The Hall–Kier alpha value is -2.25. The Balaban J connectivity index is 0.000000184. The lowest BCUT2D eigenvalue weighted by molar-refractivity contribution is 0.218. The number of aromatic hydroxyl groups is 2. The number of fused-ring (bicyclic) bond motifs is 6. The lowest BCUT2D eigenvalue weighted by atomic mass is 9.79. The van der Waals surface area contributed by atoms with Gasteiger partial charge in [0.05, 0.1) is 7.11 Å². The monoisotopic (exact) mass is 628 g/mol. The van der Waals surface area contributed by atoms with Crippen LogP contribution in [0.25, 0.3) is 0 Å². The number of likely N-dealkylation sites (tertiary alicyclic amines) is 1. The highest BCUT2D eigenvalue weighted by molar-refractivity contribution is 8.93. The molecular weight excluding hydrogens is 588 g/mol. The van der Waals surface area contributed by atoms with E-state index in [0.717, 1.165) is 56.0 Å². The van der Waals surface area contributed by atoms with E-state index in [2.05, 4.69) is 59.6 Å². The van der Waals surface area contributed by atoms with E-state index in [1.165, 1.54) is 47.2 Å². The third-order valence-electron chi connectivity index (χ3n) is 9.43. The molecule has 2 aliphatic carbocycles. The second kappa shape index (κ2) is 13.2. The standard InChI is InChI=1S/C19H21NO2.C14H19NO.BrH.ClH/c21-18-9-7-14-15-10-11-20(12-13-4-2-1-3-5-13)17(15)8-6-16(14)19(18)22;1-9-3-4-10-11-7-8-15-13(11)6-5-12(10)14(9)16-2;;/h1-5,7,9,15,17,21-22H,6,8,10-12H2;3-4,11,13,15H,5-8H2,1-2H3;2*1H/t15-,17-;11-,13-;;/m11../s1. The summed E-state index contributed by atoms with van der Waals surface area (Å²) in [5, 5.41) is 23.4. The number of benzene rings is 3. The number of hydrogen-bond acceptors (Lipinski definition) is 5. The molecule has 2 heterocycles. The number of nitrogens with one attached hydrogen (secondary N) is 1. The molecule has 0 spiro atoms. The van der Waals surface area contributed by atoms with Crippen LogP contribution in [0.4, 0.5) is 0 Å². The molecule has 0 aromatic heterocycles. The molecule has 40 heavy (non-hydrogen) atoms. The zero-order valence-corrected chi connectivity index (χ0v) is 26.0. The summed E-state index contributed by atoms with van der Waals surface area (Å²) in [5.41, 5.74) is 7.83. The van der Waals surface area contributed by atoms with E-state index in [9.17, 15) is 10.2 Å². The van der Waals surface area contributed by atoms with Crippen molar-refractivity contribution in [3.63, 3.8) is 0 Å². The van der Waals surface area contributed by atoms with E-state index in [4.69, 9.17) is 4.74 Å². The largest absolute Gasteiger partial charge is 0.504 e. The van der Waals surface area contributed by atoms with Gasteiger partial charge in [-0.1, -0.05) is 48.5 Å². The molecule has 4 atom stereocenters. The number of aryl methyl sites for hydroxylation is 1. The molecule has 216 valence electrons. The zero-order chi connectivity index (χ0) is 26.2. The molecule has 0 amide bonds. The quantitative estimate of drug-likeness (QED) is 0.278. The Kier molecular flexibility index (Phi) is 10.1. The number of phenolic OH excluding ortho intramolecular Hbond substituents is 2. The highest BCUT2D eigenvalue weighted by atomic mass is 79.9. The topological polar surface area (TPSA) is 65.0 Å². The molecule has 2 saturated heterocycles. The Bertz CT molecular complexity index is 1300. The third kappa shape index (κ3) is 5.74. The van der Waals surface area contributed by atoms with Gasteiger partial charge in [-0.15, -0.1) is 29.4 Å². The van der Waals surface area contributed by atoms with Gasteiger partial charge in [-0.3, -0.25) is 4.90 Å². The van der Waals surface area contributed by atoms with E-state index >= 15 is 0 Å². The van der Waals surface area contributed by atoms with Crippen LogP contribution in [0.3, 0.4) is 0 Å². The summed E-state index contributed by atoms with van der Waals surface area (Å²) in [6.45, 7) is 5.41. The van der Waals surface area contributed by atoms with Gasteiger partial charge in [-0.05, 0) is 92.4 Å². The Morgan fingerprint density at radius 2 is 1.60 bits per heavy atom. The first-order chi connectivity index (χ1) is 18.5. The fourth-order valence-corrected chi connectivity index (χ4v) is 7.61. The summed E-state index contributed by atoms with van der Waals surface area (Å²) >= 11 is 0. The van der Waals surface area contributed by atoms with Crippen molar-refractivity contribution in [2.24, 2.45) is 0 Å². The van der Waals surface area contributed by atoms with Crippen LogP contribution in [0.15, 0.2) is 54.6 Å². The first-order valence-electron chi connectivity index (χ1n) is 14.3. The van der Waals surface area contributed by atoms with Crippen molar-refractivity contribution in [1.29, 1.82) is 0 Å². The highest BCUT2D eigenvalue weighted by Gasteiger charge is 2.39. The fourth-order valence-electron chi connectivity index (χ4n) is 7.61. The Morgan fingerprint density at radius 3 is 2.38 bits per heavy atom. The van der Waals surface area contributed by atoms with E-state index in [0.29, 0.717) is 18.0 Å². The summed E-state index contributed by atoms with van der Waals surface area (Å²) in [5.74, 6) is 2.44. The maximum atomic E-state index is 10.1. The summed E-state index contributed by atoms with van der Waals surface area (Å²) in [6, 6.07) is 20.1. The molecule has 3 aromatic carbocycles. The van der Waals surface area contributed by atoms with Crippen LogP contribution < -0.4 is 10.1 Å². The smallest absolute Gasteiger partial charge is 0.160 e. The summed E-state index contributed by atoms with van der Waals surface area (Å²) in [4.78, 5) is 2.58. The van der Waals surface area contributed by atoms with Crippen molar-refractivity contribution in [3.8, 4) is 17.2 Å². The molecule has 0 bridgehead atoms. The van der Waals surface area contributed by atoms with Gasteiger partial charge in [-0.25, -0.2) is 0 Å². The minimum Gasteiger partial charge on any atom is -0.504 e. The number of ether oxygens (including phenoxy) is 1. The van der Waals surface area contributed by atoms with Crippen molar-refractivity contribution in [3.05, 3.63) is 88.0 Å². The van der Waals surface area contributed by atoms with Gasteiger partial charge in [0.2, 0.25) is 0 Å². The minimum absolute atomic E-state index is 0. The minimum atomic E-state index is 0. The Labute approximate surface area is 255 Å². The number of nitrogens with zero attached hydrogens (tertiary/aromatic N) is 1. The van der Waals surface area contributed by atoms with Crippen molar-refractivity contribution in [2.75, 3.05) is 20.2 Å². The number of halogens is 2. The molecule has 4 aliphatic rings. The van der Waals surface area contributed by atoms with Gasteiger partial charge in [0.25, 0.3) is 0 Å². The van der Waals surface area contributed by atoms with Crippen LogP contribution in [0, 0.1) is 6.92 Å². The number of phenols is 2. The maximum Gasteiger partial charge on any atom is 0.160 e. The second-order valence-electron chi connectivity index (χ2n) is 11.4. The third-order valence-corrected chi connectivity index (χ3v) is 9.43. The molecule has 0 radical (unpaired) electrons. The lowest BCUT2D eigenvalue weighted by Gasteiger charge is -2.33. The Morgan fingerprint density at radius 1 is 0.875 bits per heavy atom. The lowest BCUT2D eigenvalue weighted by Crippen LogP contribution is -2.34. The van der Waals surface area contributed by atoms with E-state index < -0.39 is 0 Å². The van der Waals surface area contributed by atoms with Gasteiger partial charge in [0, 0.05) is 36.0 Å². The predicted molar refractivity (Wildman–Crippen MR) is 169 cm³/mol. The van der Waals surface area contributed by atoms with Gasteiger partial charge in [0.15, 0.2) is 11.5 Å². The molecule has 7 rings (SSSR count). The van der Waals surface area contributed by atoms with Gasteiger partial charge in [0.1, 0.15) is 5.75 Å². The average molecular weight is 630 g/mol. The number of rotatable bonds is 3. The average Bonchev–Trinajstić information content (AvgIpc) is 3.59. The highest BCUT2D eigenvalue weighted by Crippen LogP contribution is 2.46. The SMILES string of the molecule is Br.COc1c(C)ccc2c1CC[C@H]1NCC[C@H]21.Cl.Oc1ccc2c(c1O)CC[C@@H]1[C@@H]2CCN1Cc1ccccc1. The van der Waals surface area contributed by atoms with Gasteiger partial charge < -0.3 is 20.3 Å². The van der Waals surface area contributed by atoms with Crippen LogP contribution in [-0.4, -0.2) is 47.4 Å². The van der Waals surface area contributed by atoms with Crippen LogP contribution in [0.2, 0.25) is 0 Å². The van der Waals surface area contributed by atoms with Crippen LogP contribution in [0.1, 0.15) is 70.9 Å². The number of hydrogen-bond donors (Lipinski definition) is 3. The molecule has 5 nitrogen and oxygen atoms in total. The van der Waals surface area contributed by atoms with Crippen LogP contribution in [-0.2, 0) is 19.4 Å². The molecule has 3 aromatic rings. The van der Waals surface area contributed by atoms with E-state index in [1.807, 2.05) is 6.07 Å². The molecular formula is C33H42BrClN2O3. The molecule has 0 saturated carbocycles. The number of methoxy groups -OCH3 is 1. The summed E-state index contributed by atoms with van der Waals surface area (Å²) in [7, 11) is 1.79. The first kappa shape index (κ1) is 30.7. The predicted octanol–water partition coefficient (Wildman–Crippen LogP) is 6.80. The molecule has 7 heteroatoms. The summed E-state index contributed by atoms with van der Waals surface area (Å²) in [6.07, 6.45) is 6.74. The van der Waals surface area contributed by atoms with Crippen LogP contribution >= 0.6 is 29.4 Å². The van der Waals surface area contributed by atoms with E-state index in [-0.39, 0.29) is 40.9 Å². The van der Waals surface area contributed by atoms with Gasteiger partial charge >= 0.3 is 0 Å². The van der Waals surface area contributed by atoms with Crippen molar-refractivity contribution in [1.82, 2.24) is 10.2 Å². The van der Waals surface area contributed by atoms with E-state index in [1.54, 1.807) is 13.2 Å². The zero-order valence-electron chi connectivity index (χ0n) is 23.4. The summed E-state index contributed by atoms with van der Waals surface area (Å²) < 4.78 is 5.57. The van der Waals surface area contributed by atoms with Crippen molar-refractivity contribution >= 4 is 29.4 Å².